The van der Waals surface area contributed by atoms with E-state index in [9.17, 15) is 10.1 Å². The second-order valence-corrected chi connectivity index (χ2v) is 4.08. The zero-order valence-electron chi connectivity index (χ0n) is 11.2. The predicted molar refractivity (Wildman–Crippen MR) is 73.6 cm³/mol. The molecular weight excluding hydrogens is 262 g/mol. The van der Waals surface area contributed by atoms with Crippen LogP contribution in [0.1, 0.15) is 18.4 Å². The molecule has 8 heteroatoms. The van der Waals surface area contributed by atoms with Gasteiger partial charge in [-0.2, -0.15) is 4.98 Å². The van der Waals surface area contributed by atoms with Crippen LogP contribution in [0, 0.1) is 17.0 Å². The summed E-state index contributed by atoms with van der Waals surface area (Å²) in [6.07, 6.45) is 1.18. The van der Waals surface area contributed by atoms with Gasteiger partial charge in [0.05, 0.1) is 11.5 Å². The largest absolute Gasteiger partial charge is 0.465 e. The fourth-order valence-corrected chi connectivity index (χ4v) is 1.63. The first-order chi connectivity index (χ1) is 9.60. The molecule has 20 heavy (non-hydrogen) atoms. The second-order valence-electron chi connectivity index (χ2n) is 4.08. The molecule has 0 spiro atoms. The lowest BCUT2D eigenvalue weighted by molar-refractivity contribution is -0.384. The average Bonchev–Trinajstić information content (AvgIpc) is 2.82. The summed E-state index contributed by atoms with van der Waals surface area (Å²) in [5, 5.41) is 16.8. The topological polar surface area (TPSA) is 106 Å². The van der Waals surface area contributed by atoms with E-state index in [0.29, 0.717) is 24.8 Å². The standard InChI is InChI=1S/C12H15N5O3/c1-3-13-12-15-7-10(17(18)19)11(16-12)14-6-9-5-4-8(2)20-9/h4-5,7H,3,6H2,1-2H3,(H2,13,14,15,16). The first-order valence-electron chi connectivity index (χ1n) is 6.14. The van der Waals surface area contributed by atoms with Gasteiger partial charge in [0.1, 0.15) is 17.7 Å². The van der Waals surface area contributed by atoms with Crippen LogP contribution in [0.4, 0.5) is 17.5 Å². The number of rotatable bonds is 6. The van der Waals surface area contributed by atoms with Crippen molar-refractivity contribution >= 4 is 17.5 Å². The molecule has 0 unspecified atom stereocenters. The Labute approximate surface area is 115 Å². The van der Waals surface area contributed by atoms with Crippen LogP contribution in [0.25, 0.3) is 0 Å². The summed E-state index contributed by atoms with van der Waals surface area (Å²) in [5.74, 6) is 1.97. The highest BCUT2D eigenvalue weighted by Crippen LogP contribution is 2.22. The van der Waals surface area contributed by atoms with Crippen molar-refractivity contribution in [2.75, 3.05) is 17.2 Å². The molecule has 0 saturated carbocycles. The second kappa shape index (κ2) is 6.00. The van der Waals surface area contributed by atoms with Crippen molar-refractivity contribution in [3.63, 3.8) is 0 Å². The molecule has 0 saturated heterocycles. The van der Waals surface area contributed by atoms with E-state index in [-0.39, 0.29) is 11.5 Å². The molecule has 0 radical (unpaired) electrons. The Hall–Kier alpha value is -2.64. The zero-order valence-corrected chi connectivity index (χ0v) is 11.2. The number of aromatic nitrogens is 2. The van der Waals surface area contributed by atoms with Crippen LogP contribution < -0.4 is 10.6 Å². The van der Waals surface area contributed by atoms with Gasteiger partial charge in [-0.3, -0.25) is 10.1 Å². The van der Waals surface area contributed by atoms with E-state index in [2.05, 4.69) is 20.6 Å². The van der Waals surface area contributed by atoms with Crippen LogP contribution in [0.3, 0.4) is 0 Å². The Morgan fingerprint density at radius 2 is 2.20 bits per heavy atom. The van der Waals surface area contributed by atoms with Crippen LogP contribution in [-0.4, -0.2) is 21.4 Å². The Balaban J connectivity index is 2.18. The summed E-state index contributed by atoms with van der Waals surface area (Å²) in [6, 6.07) is 3.63. The smallest absolute Gasteiger partial charge is 0.329 e. The number of nitro groups is 1. The first-order valence-corrected chi connectivity index (χ1v) is 6.14. The summed E-state index contributed by atoms with van der Waals surface area (Å²) in [5.41, 5.74) is -0.171. The van der Waals surface area contributed by atoms with Crippen molar-refractivity contribution in [1.82, 2.24) is 9.97 Å². The molecule has 0 aliphatic heterocycles. The van der Waals surface area contributed by atoms with E-state index < -0.39 is 4.92 Å². The maximum Gasteiger partial charge on any atom is 0.329 e. The lowest BCUT2D eigenvalue weighted by atomic mass is 10.4. The fourth-order valence-electron chi connectivity index (χ4n) is 1.63. The lowest BCUT2D eigenvalue weighted by Gasteiger charge is -2.07. The third-order valence-electron chi connectivity index (χ3n) is 2.53. The van der Waals surface area contributed by atoms with Gasteiger partial charge in [0.25, 0.3) is 0 Å². The Morgan fingerprint density at radius 3 is 2.80 bits per heavy atom. The highest BCUT2D eigenvalue weighted by Gasteiger charge is 2.17. The van der Waals surface area contributed by atoms with Gasteiger partial charge in [-0.1, -0.05) is 0 Å². The van der Waals surface area contributed by atoms with Crippen molar-refractivity contribution in [2.45, 2.75) is 20.4 Å². The highest BCUT2D eigenvalue weighted by molar-refractivity contribution is 5.56. The number of nitrogens with one attached hydrogen (secondary N) is 2. The Bertz CT molecular complexity index is 611. The molecule has 106 valence electrons. The summed E-state index contributed by atoms with van der Waals surface area (Å²) < 4.78 is 5.39. The highest BCUT2D eigenvalue weighted by atomic mass is 16.6. The number of furan rings is 1. The normalized spacial score (nSPS) is 10.3. The molecule has 0 amide bonds. The Morgan fingerprint density at radius 1 is 1.40 bits per heavy atom. The van der Waals surface area contributed by atoms with Gasteiger partial charge < -0.3 is 15.1 Å². The number of hydrogen-bond acceptors (Lipinski definition) is 7. The number of hydrogen-bond donors (Lipinski definition) is 2. The summed E-state index contributed by atoms with van der Waals surface area (Å²) >= 11 is 0. The van der Waals surface area contributed by atoms with Gasteiger partial charge in [-0.05, 0) is 26.0 Å². The molecule has 0 aromatic carbocycles. The van der Waals surface area contributed by atoms with Gasteiger partial charge in [-0.25, -0.2) is 4.98 Å². The molecular formula is C12H15N5O3. The van der Waals surface area contributed by atoms with Gasteiger partial charge >= 0.3 is 5.69 Å². The van der Waals surface area contributed by atoms with E-state index in [0.717, 1.165) is 5.76 Å². The van der Waals surface area contributed by atoms with Gasteiger partial charge in [0.15, 0.2) is 0 Å². The molecule has 0 bridgehead atoms. The molecule has 0 aliphatic rings. The third kappa shape index (κ3) is 3.22. The van der Waals surface area contributed by atoms with Crippen LogP contribution in [0.15, 0.2) is 22.7 Å². The van der Waals surface area contributed by atoms with E-state index in [1.54, 1.807) is 6.07 Å². The van der Waals surface area contributed by atoms with Crippen molar-refractivity contribution in [2.24, 2.45) is 0 Å². The number of anilines is 2. The minimum absolute atomic E-state index is 0.162. The average molecular weight is 277 g/mol. The van der Waals surface area contributed by atoms with Crippen LogP contribution in [-0.2, 0) is 6.54 Å². The molecule has 0 aliphatic carbocycles. The number of aryl methyl sites for hydroxylation is 1. The molecule has 2 aromatic heterocycles. The monoisotopic (exact) mass is 277 g/mol. The quantitative estimate of drug-likeness (QED) is 0.616. The lowest BCUT2D eigenvalue weighted by Crippen LogP contribution is -2.08. The van der Waals surface area contributed by atoms with E-state index in [1.165, 1.54) is 6.20 Å². The van der Waals surface area contributed by atoms with Gasteiger partial charge in [-0.15, -0.1) is 0 Å². The van der Waals surface area contributed by atoms with Crippen molar-refractivity contribution < 1.29 is 9.34 Å². The van der Waals surface area contributed by atoms with Crippen LogP contribution >= 0.6 is 0 Å². The summed E-state index contributed by atoms with van der Waals surface area (Å²) in [7, 11) is 0. The SMILES string of the molecule is CCNc1ncc([N+](=O)[O-])c(NCc2ccc(C)o2)n1. The molecule has 2 N–H and O–H groups in total. The van der Waals surface area contributed by atoms with Crippen LogP contribution in [0.2, 0.25) is 0 Å². The number of nitrogens with zero attached hydrogens (tertiary/aromatic N) is 3. The van der Waals surface area contributed by atoms with E-state index in [4.69, 9.17) is 4.42 Å². The molecule has 2 heterocycles. The minimum Gasteiger partial charge on any atom is -0.465 e. The van der Waals surface area contributed by atoms with E-state index >= 15 is 0 Å². The summed E-state index contributed by atoms with van der Waals surface area (Å²) in [4.78, 5) is 18.4. The maximum absolute atomic E-state index is 10.9. The Kier molecular flexibility index (Phi) is 4.14. The van der Waals surface area contributed by atoms with Crippen molar-refractivity contribution in [3.8, 4) is 0 Å². The zero-order chi connectivity index (χ0) is 14.5. The maximum atomic E-state index is 10.9. The van der Waals surface area contributed by atoms with Crippen molar-refractivity contribution in [3.05, 3.63) is 40.0 Å². The van der Waals surface area contributed by atoms with E-state index in [1.807, 2.05) is 19.9 Å². The minimum atomic E-state index is -0.522. The van der Waals surface area contributed by atoms with Crippen LogP contribution in [0.5, 0.6) is 0 Å². The fraction of sp³-hybridized carbons (Fsp3) is 0.333. The predicted octanol–water partition coefficient (Wildman–Crippen LogP) is 2.33. The molecule has 2 aromatic rings. The van der Waals surface area contributed by atoms with Gasteiger partial charge in [0.2, 0.25) is 11.8 Å². The molecule has 0 atom stereocenters. The van der Waals surface area contributed by atoms with Crippen molar-refractivity contribution in [1.29, 1.82) is 0 Å². The molecule has 2 rings (SSSR count). The molecule has 8 nitrogen and oxygen atoms in total. The first kappa shape index (κ1) is 13.8. The molecule has 0 fully saturated rings. The third-order valence-corrected chi connectivity index (χ3v) is 2.53. The van der Waals surface area contributed by atoms with Gasteiger partial charge in [0, 0.05) is 6.54 Å². The summed E-state index contributed by atoms with van der Waals surface area (Å²) in [6.45, 7) is 4.68.